The average Bonchev–Trinajstić information content (AvgIpc) is 2.20. The van der Waals surface area contributed by atoms with Crippen molar-refractivity contribution < 1.29 is 0 Å². The van der Waals surface area contributed by atoms with E-state index in [1.54, 1.807) is 12.1 Å². The molecule has 1 aromatic carbocycles. The SMILES string of the molecule is C=Cc1ccc(N)cc1N=C.CC. The van der Waals surface area contributed by atoms with Gasteiger partial charge in [0.15, 0.2) is 0 Å². The Hall–Kier alpha value is -1.57. The molecule has 0 radical (unpaired) electrons. The third-order valence-electron chi connectivity index (χ3n) is 1.44. The molecule has 0 aliphatic heterocycles. The van der Waals surface area contributed by atoms with Crippen LogP contribution in [-0.4, -0.2) is 6.72 Å². The Morgan fingerprint density at radius 2 is 2.00 bits per heavy atom. The van der Waals surface area contributed by atoms with E-state index in [0.717, 1.165) is 11.3 Å². The first-order chi connectivity index (χ1) is 6.27. The molecule has 0 heterocycles. The Bertz CT molecular complexity index is 290. The van der Waals surface area contributed by atoms with Crippen LogP contribution in [0.25, 0.3) is 6.08 Å². The highest BCUT2D eigenvalue weighted by Gasteiger charge is 1.95. The molecule has 0 saturated heterocycles. The molecule has 0 spiro atoms. The van der Waals surface area contributed by atoms with Gasteiger partial charge in [0, 0.05) is 5.69 Å². The zero-order valence-corrected chi connectivity index (χ0v) is 8.25. The molecule has 1 rings (SSSR count). The van der Waals surface area contributed by atoms with Gasteiger partial charge < -0.3 is 5.73 Å². The number of aliphatic imine (C=N–C) groups is 1. The average molecular weight is 176 g/mol. The summed E-state index contributed by atoms with van der Waals surface area (Å²) in [5.41, 5.74) is 7.96. The quantitative estimate of drug-likeness (QED) is 0.545. The maximum Gasteiger partial charge on any atom is 0.0714 e. The Kier molecular flexibility index (Phi) is 5.28. The minimum atomic E-state index is 0.693. The summed E-state index contributed by atoms with van der Waals surface area (Å²) in [6.07, 6.45) is 1.73. The van der Waals surface area contributed by atoms with Crippen LogP contribution in [0, 0.1) is 0 Å². The first kappa shape index (κ1) is 11.4. The zero-order chi connectivity index (χ0) is 10.3. The highest BCUT2D eigenvalue weighted by atomic mass is 14.7. The first-order valence-corrected chi connectivity index (χ1v) is 4.26. The number of nitrogens with two attached hydrogens (primary N) is 1. The van der Waals surface area contributed by atoms with E-state index in [0.29, 0.717) is 5.69 Å². The van der Waals surface area contributed by atoms with Crippen molar-refractivity contribution in [1.82, 2.24) is 0 Å². The van der Waals surface area contributed by atoms with Gasteiger partial charge in [-0.05, 0) is 24.4 Å². The lowest BCUT2D eigenvalue weighted by molar-refractivity contribution is 1.50. The Balaban J connectivity index is 0.000000671. The van der Waals surface area contributed by atoms with Gasteiger partial charge in [0.1, 0.15) is 0 Å². The summed E-state index contributed by atoms with van der Waals surface area (Å²) >= 11 is 0. The molecular weight excluding hydrogens is 160 g/mol. The van der Waals surface area contributed by atoms with E-state index in [1.807, 2.05) is 26.0 Å². The van der Waals surface area contributed by atoms with Crippen LogP contribution >= 0.6 is 0 Å². The monoisotopic (exact) mass is 176 g/mol. The van der Waals surface area contributed by atoms with Gasteiger partial charge in [0.05, 0.1) is 5.69 Å². The Morgan fingerprint density at radius 1 is 1.38 bits per heavy atom. The molecule has 0 fully saturated rings. The molecule has 0 amide bonds. The van der Waals surface area contributed by atoms with E-state index in [1.165, 1.54) is 0 Å². The summed E-state index contributed by atoms with van der Waals surface area (Å²) in [5.74, 6) is 0. The van der Waals surface area contributed by atoms with E-state index in [-0.39, 0.29) is 0 Å². The van der Waals surface area contributed by atoms with E-state index < -0.39 is 0 Å². The first-order valence-electron chi connectivity index (χ1n) is 4.26. The van der Waals surface area contributed by atoms with Crippen molar-refractivity contribution in [2.75, 3.05) is 5.73 Å². The fourth-order valence-corrected chi connectivity index (χ4v) is 0.870. The second kappa shape index (κ2) is 6.00. The molecule has 2 N–H and O–H groups in total. The summed E-state index contributed by atoms with van der Waals surface area (Å²) in [7, 11) is 0. The van der Waals surface area contributed by atoms with Gasteiger partial charge in [-0.2, -0.15) is 0 Å². The van der Waals surface area contributed by atoms with Gasteiger partial charge in [-0.15, -0.1) is 0 Å². The van der Waals surface area contributed by atoms with Gasteiger partial charge >= 0.3 is 0 Å². The van der Waals surface area contributed by atoms with Gasteiger partial charge in [0.2, 0.25) is 0 Å². The number of anilines is 1. The van der Waals surface area contributed by atoms with Crippen molar-refractivity contribution in [2.45, 2.75) is 13.8 Å². The molecule has 2 heteroatoms. The maximum atomic E-state index is 5.54. The summed E-state index contributed by atoms with van der Waals surface area (Å²) in [4.78, 5) is 3.80. The highest BCUT2D eigenvalue weighted by Crippen LogP contribution is 2.22. The molecule has 13 heavy (non-hydrogen) atoms. The number of hydrogen-bond donors (Lipinski definition) is 1. The summed E-state index contributed by atoms with van der Waals surface area (Å²) in [5, 5.41) is 0. The van der Waals surface area contributed by atoms with E-state index in [9.17, 15) is 0 Å². The van der Waals surface area contributed by atoms with Gasteiger partial charge in [0.25, 0.3) is 0 Å². The van der Waals surface area contributed by atoms with Crippen LogP contribution in [0.15, 0.2) is 29.8 Å². The van der Waals surface area contributed by atoms with Crippen LogP contribution in [0.2, 0.25) is 0 Å². The number of nitrogens with zero attached hydrogens (tertiary/aromatic N) is 1. The second-order valence-corrected chi connectivity index (χ2v) is 2.18. The van der Waals surface area contributed by atoms with Crippen LogP contribution < -0.4 is 5.73 Å². The summed E-state index contributed by atoms with van der Waals surface area (Å²) in [6.45, 7) is 11.1. The van der Waals surface area contributed by atoms with Crippen LogP contribution in [0.4, 0.5) is 11.4 Å². The third kappa shape index (κ3) is 3.11. The van der Waals surface area contributed by atoms with E-state index >= 15 is 0 Å². The lowest BCUT2D eigenvalue weighted by Gasteiger charge is -1.99. The fourth-order valence-electron chi connectivity index (χ4n) is 0.870. The van der Waals surface area contributed by atoms with Crippen molar-refractivity contribution in [1.29, 1.82) is 0 Å². The molecule has 0 unspecified atom stereocenters. The molecule has 2 nitrogen and oxygen atoms in total. The molecule has 0 aliphatic carbocycles. The smallest absolute Gasteiger partial charge is 0.0714 e. The van der Waals surface area contributed by atoms with E-state index in [4.69, 9.17) is 5.73 Å². The van der Waals surface area contributed by atoms with Crippen LogP contribution in [0.5, 0.6) is 0 Å². The number of hydrogen-bond acceptors (Lipinski definition) is 2. The highest BCUT2D eigenvalue weighted by molar-refractivity contribution is 5.68. The molecule has 0 aromatic heterocycles. The molecule has 0 saturated carbocycles. The largest absolute Gasteiger partial charge is 0.399 e. The molecular formula is C11H16N2. The Morgan fingerprint density at radius 3 is 2.46 bits per heavy atom. The normalized spacial score (nSPS) is 8.15. The van der Waals surface area contributed by atoms with Crippen LogP contribution in [-0.2, 0) is 0 Å². The fraction of sp³-hybridized carbons (Fsp3) is 0.182. The number of rotatable bonds is 2. The predicted octanol–water partition coefficient (Wildman–Crippen LogP) is 3.27. The lowest BCUT2D eigenvalue weighted by atomic mass is 10.1. The van der Waals surface area contributed by atoms with Crippen molar-refractivity contribution in [3.05, 3.63) is 30.3 Å². The number of nitrogen functional groups attached to an aromatic ring is 1. The molecule has 0 bridgehead atoms. The minimum Gasteiger partial charge on any atom is -0.399 e. The number of benzene rings is 1. The zero-order valence-electron chi connectivity index (χ0n) is 8.25. The van der Waals surface area contributed by atoms with Crippen molar-refractivity contribution in [2.24, 2.45) is 4.99 Å². The summed E-state index contributed by atoms with van der Waals surface area (Å²) < 4.78 is 0. The van der Waals surface area contributed by atoms with Crippen molar-refractivity contribution >= 4 is 24.2 Å². The Labute approximate surface area is 79.8 Å². The topological polar surface area (TPSA) is 38.4 Å². The summed E-state index contributed by atoms with van der Waals surface area (Å²) in [6, 6.07) is 5.45. The maximum absolute atomic E-state index is 5.54. The van der Waals surface area contributed by atoms with Gasteiger partial charge in [-0.1, -0.05) is 32.6 Å². The third-order valence-corrected chi connectivity index (χ3v) is 1.44. The predicted molar refractivity (Wildman–Crippen MR) is 61.5 cm³/mol. The molecule has 0 aliphatic rings. The minimum absolute atomic E-state index is 0.693. The van der Waals surface area contributed by atoms with Crippen LogP contribution in [0.1, 0.15) is 19.4 Å². The second-order valence-electron chi connectivity index (χ2n) is 2.18. The molecule has 70 valence electrons. The molecule has 0 atom stereocenters. The van der Waals surface area contributed by atoms with E-state index in [2.05, 4.69) is 18.3 Å². The van der Waals surface area contributed by atoms with Gasteiger partial charge in [-0.3, -0.25) is 4.99 Å². The molecule has 1 aromatic rings. The lowest BCUT2D eigenvalue weighted by Crippen LogP contribution is -1.83. The van der Waals surface area contributed by atoms with Gasteiger partial charge in [-0.25, -0.2) is 0 Å². The van der Waals surface area contributed by atoms with Crippen molar-refractivity contribution in [3.63, 3.8) is 0 Å². The van der Waals surface area contributed by atoms with Crippen molar-refractivity contribution in [3.8, 4) is 0 Å². The standard InChI is InChI=1S/C9H10N2.C2H6/c1-3-7-4-5-8(10)6-9(7)11-2;1-2/h3-6H,1-2,10H2;1-2H3. The van der Waals surface area contributed by atoms with Crippen LogP contribution in [0.3, 0.4) is 0 Å².